The van der Waals surface area contributed by atoms with Crippen molar-refractivity contribution in [3.8, 4) is 11.4 Å². The number of hydrogen-bond donors (Lipinski definition) is 1. The van der Waals surface area contributed by atoms with Crippen molar-refractivity contribution >= 4 is 11.6 Å². The Balaban J connectivity index is 1.55. The van der Waals surface area contributed by atoms with Gasteiger partial charge in [0.2, 0.25) is 17.6 Å². The Bertz CT molecular complexity index is 996. The fourth-order valence-corrected chi connectivity index (χ4v) is 3.78. The number of hydrogen-bond acceptors (Lipinski definition) is 5. The summed E-state index contributed by atoms with van der Waals surface area (Å²) in [5.41, 5.74) is 9.77. The van der Waals surface area contributed by atoms with E-state index in [4.69, 9.17) is 10.3 Å². The quantitative estimate of drug-likeness (QED) is 0.681. The molecule has 1 aliphatic heterocycles. The largest absolute Gasteiger partial charge is 0.339 e. The second-order valence-corrected chi connectivity index (χ2v) is 7.63. The molecule has 1 fully saturated rings. The van der Waals surface area contributed by atoms with E-state index in [2.05, 4.69) is 30.1 Å². The van der Waals surface area contributed by atoms with Crippen molar-refractivity contribution in [2.24, 2.45) is 5.73 Å². The first-order chi connectivity index (χ1) is 14.1. The fourth-order valence-electron chi connectivity index (χ4n) is 3.78. The molecule has 0 saturated carbocycles. The zero-order valence-electron chi connectivity index (χ0n) is 16.8. The van der Waals surface area contributed by atoms with Crippen molar-refractivity contribution in [2.45, 2.75) is 45.1 Å². The molecule has 1 saturated heterocycles. The van der Waals surface area contributed by atoms with Crippen molar-refractivity contribution < 1.29 is 9.32 Å². The van der Waals surface area contributed by atoms with Crippen molar-refractivity contribution in [3.63, 3.8) is 0 Å². The molecule has 0 spiro atoms. The molecule has 1 aliphatic rings. The van der Waals surface area contributed by atoms with Gasteiger partial charge in [-0.25, -0.2) is 0 Å². The molecule has 2 N–H and O–H groups in total. The van der Waals surface area contributed by atoms with Crippen LogP contribution in [0.3, 0.4) is 0 Å². The first kappa shape index (κ1) is 19.3. The van der Waals surface area contributed by atoms with E-state index in [-0.39, 0.29) is 11.8 Å². The normalized spacial score (nSPS) is 17.7. The number of nitrogens with two attached hydrogens (primary N) is 1. The van der Waals surface area contributed by atoms with Gasteiger partial charge in [0, 0.05) is 30.8 Å². The SMILES string of the molecule is CCC(C)c1ccccc1N1CC(c2nc(-c3ccc(CN)cc3)no2)CC1=O. The Kier molecular flexibility index (Phi) is 5.45. The van der Waals surface area contributed by atoms with Gasteiger partial charge >= 0.3 is 0 Å². The van der Waals surface area contributed by atoms with Crippen molar-refractivity contribution in [1.82, 2.24) is 10.1 Å². The van der Waals surface area contributed by atoms with Gasteiger partial charge in [0.15, 0.2) is 0 Å². The first-order valence-electron chi connectivity index (χ1n) is 10.1. The first-order valence-corrected chi connectivity index (χ1v) is 10.1. The lowest BCUT2D eigenvalue weighted by molar-refractivity contribution is -0.117. The Hall–Kier alpha value is -2.99. The van der Waals surface area contributed by atoms with Crippen molar-refractivity contribution in [1.29, 1.82) is 0 Å². The number of carbonyl (C=O) groups is 1. The van der Waals surface area contributed by atoms with E-state index in [1.54, 1.807) is 0 Å². The van der Waals surface area contributed by atoms with Crippen LogP contribution in [0.4, 0.5) is 5.69 Å². The van der Waals surface area contributed by atoms with E-state index < -0.39 is 0 Å². The maximum atomic E-state index is 12.8. The smallest absolute Gasteiger partial charge is 0.232 e. The zero-order valence-corrected chi connectivity index (χ0v) is 16.8. The molecule has 29 heavy (non-hydrogen) atoms. The number of anilines is 1. The molecule has 6 heteroatoms. The van der Waals surface area contributed by atoms with Crippen LogP contribution in [0.25, 0.3) is 11.4 Å². The Morgan fingerprint density at radius 1 is 1.21 bits per heavy atom. The summed E-state index contributed by atoms with van der Waals surface area (Å²) in [6.07, 6.45) is 1.40. The molecule has 150 valence electrons. The van der Waals surface area contributed by atoms with Crippen LogP contribution in [0.15, 0.2) is 53.1 Å². The average molecular weight is 390 g/mol. The minimum atomic E-state index is -0.1000. The molecule has 2 heterocycles. The standard InChI is InChI=1S/C23H26N4O2/c1-3-15(2)19-6-4-5-7-20(19)27-14-18(12-21(27)28)23-25-22(26-29-23)17-10-8-16(13-24)9-11-17/h4-11,15,18H,3,12-14,24H2,1-2H3. The lowest BCUT2D eigenvalue weighted by atomic mass is 9.96. The number of rotatable bonds is 6. The maximum absolute atomic E-state index is 12.8. The van der Waals surface area contributed by atoms with E-state index in [0.29, 0.717) is 37.1 Å². The van der Waals surface area contributed by atoms with Gasteiger partial charge in [0.25, 0.3) is 0 Å². The lowest BCUT2D eigenvalue weighted by Gasteiger charge is -2.22. The fraction of sp³-hybridized carbons (Fsp3) is 0.348. The minimum absolute atomic E-state index is 0.0952. The maximum Gasteiger partial charge on any atom is 0.232 e. The molecule has 2 aromatic carbocycles. The highest BCUT2D eigenvalue weighted by atomic mass is 16.5. The molecule has 0 radical (unpaired) electrons. The molecule has 0 bridgehead atoms. The molecule has 6 nitrogen and oxygen atoms in total. The molecule has 4 rings (SSSR count). The van der Waals surface area contributed by atoms with Gasteiger partial charge < -0.3 is 15.2 Å². The summed E-state index contributed by atoms with van der Waals surface area (Å²) < 4.78 is 5.53. The van der Waals surface area contributed by atoms with Gasteiger partial charge in [-0.05, 0) is 29.5 Å². The van der Waals surface area contributed by atoms with Crippen LogP contribution >= 0.6 is 0 Å². The summed E-state index contributed by atoms with van der Waals surface area (Å²) >= 11 is 0. The van der Waals surface area contributed by atoms with Gasteiger partial charge in [-0.15, -0.1) is 0 Å². The third-order valence-corrected chi connectivity index (χ3v) is 5.73. The highest BCUT2D eigenvalue weighted by Gasteiger charge is 2.36. The number of nitrogens with zero attached hydrogens (tertiary/aromatic N) is 3. The summed E-state index contributed by atoms with van der Waals surface area (Å²) in [4.78, 5) is 19.2. The van der Waals surface area contributed by atoms with E-state index in [1.165, 1.54) is 5.56 Å². The Labute approximate surface area is 170 Å². The molecule has 1 aromatic heterocycles. The third-order valence-electron chi connectivity index (χ3n) is 5.73. The van der Waals surface area contributed by atoms with E-state index in [1.807, 2.05) is 47.4 Å². The van der Waals surface area contributed by atoms with Crippen LogP contribution in [0.2, 0.25) is 0 Å². The third kappa shape index (κ3) is 3.80. The summed E-state index contributed by atoms with van der Waals surface area (Å²) in [7, 11) is 0. The van der Waals surface area contributed by atoms with Gasteiger partial charge in [0.05, 0.1) is 5.92 Å². The number of benzene rings is 2. The monoisotopic (exact) mass is 390 g/mol. The molecule has 1 amide bonds. The predicted molar refractivity (Wildman–Crippen MR) is 112 cm³/mol. The second kappa shape index (κ2) is 8.17. The molecule has 0 aliphatic carbocycles. The van der Waals surface area contributed by atoms with Crippen LogP contribution in [-0.2, 0) is 11.3 Å². The number of carbonyl (C=O) groups excluding carboxylic acids is 1. The molecule has 3 aromatic rings. The van der Waals surface area contributed by atoms with Crippen molar-refractivity contribution in [3.05, 3.63) is 65.5 Å². The van der Waals surface area contributed by atoms with Crippen LogP contribution < -0.4 is 10.6 Å². The van der Waals surface area contributed by atoms with E-state index >= 15 is 0 Å². The van der Waals surface area contributed by atoms with Crippen molar-refractivity contribution in [2.75, 3.05) is 11.4 Å². The molecule has 2 unspecified atom stereocenters. The Morgan fingerprint density at radius 2 is 1.97 bits per heavy atom. The summed E-state index contributed by atoms with van der Waals surface area (Å²) in [6, 6.07) is 15.9. The van der Waals surface area contributed by atoms with E-state index in [9.17, 15) is 4.79 Å². The topological polar surface area (TPSA) is 85.2 Å². The van der Waals surface area contributed by atoms with Gasteiger partial charge in [0.1, 0.15) is 0 Å². The summed E-state index contributed by atoms with van der Waals surface area (Å²) in [5.74, 6) is 1.44. The predicted octanol–water partition coefficient (Wildman–Crippen LogP) is 4.23. The van der Waals surface area contributed by atoms with Crippen LogP contribution in [-0.4, -0.2) is 22.6 Å². The van der Waals surface area contributed by atoms with Crippen LogP contribution in [0, 0.1) is 0 Å². The van der Waals surface area contributed by atoms with Gasteiger partial charge in [-0.2, -0.15) is 4.98 Å². The molecular weight excluding hydrogens is 364 g/mol. The minimum Gasteiger partial charge on any atom is -0.339 e. The molecular formula is C23H26N4O2. The zero-order chi connectivity index (χ0) is 20.4. The second-order valence-electron chi connectivity index (χ2n) is 7.63. The number of para-hydroxylation sites is 1. The lowest BCUT2D eigenvalue weighted by Crippen LogP contribution is -2.25. The molecule has 2 atom stereocenters. The van der Waals surface area contributed by atoms with Gasteiger partial charge in [-0.3, -0.25) is 4.79 Å². The average Bonchev–Trinajstić information content (AvgIpc) is 3.40. The van der Waals surface area contributed by atoms with E-state index in [0.717, 1.165) is 23.2 Å². The van der Waals surface area contributed by atoms with Crippen LogP contribution in [0.5, 0.6) is 0 Å². The highest BCUT2D eigenvalue weighted by Crippen LogP contribution is 2.36. The number of amides is 1. The summed E-state index contributed by atoms with van der Waals surface area (Å²) in [6.45, 7) is 5.41. The summed E-state index contributed by atoms with van der Waals surface area (Å²) in [5, 5.41) is 4.12. The number of aromatic nitrogens is 2. The van der Waals surface area contributed by atoms with Gasteiger partial charge in [-0.1, -0.05) is 61.5 Å². The highest BCUT2D eigenvalue weighted by molar-refractivity contribution is 5.97. The Morgan fingerprint density at radius 3 is 2.69 bits per heavy atom. The van der Waals surface area contributed by atoms with Crippen LogP contribution in [0.1, 0.15) is 55.5 Å².